The van der Waals surface area contributed by atoms with Crippen LogP contribution >= 0.6 is 23.5 Å². The third-order valence-corrected chi connectivity index (χ3v) is 10.4. The molecule has 1 unspecified atom stereocenters. The van der Waals surface area contributed by atoms with Gasteiger partial charge in [0, 0.05) is 32.0 Å². The zero-order chi connectivity index (χ0) is 29.6. The highest BCUT2D eigenvalue weighted by molar-refractivity contribution is 8.17. The summed E-state index contributed by atoms with van der Waals surface area (Å²) in [4.78, 5) is 2.45. The minimum Gasteiger partial charge on any atom is -0.507 e. The van der Waals surface area contributed by atoms with Crippen molar-refractivity contribution in [3.8, 4) is 11.5 Å². The van der Waals surface area contributed by atoms with E-state index in [-0.39, 0.29) is 21.7 Å². The van der Waals surface area contributed by atoms with Crippen molar-refractivity contribution >= 4 is 23.5 Å². The van der Waals surface area contributed by atoms with Gasteiger partial charge in [-0.05, 0) is 71.1 Å². The largest absolute Gasteiger partial charge is 0.507 e. The summed E-state index contributed by atoms with van der Waals surface area (Å²) in [5.41, 5.74) is 3.43. The van der Waals surface area contributed by atoms with Crippen molar-refractivity contribution < 1.29 is 10.2 Å². The van der Waals surface area contributed by atoms with Gasteiger partial charge in [0.2, 0.25) is 0 Å². The summed E-state index contributed by atoms with van der Waals surface area (Å²) in [7, 11) is 0. The average Bonchev–Trinajstić information content (AvgIpc) is 2.78. The maximum atomic E-state index is 11.3. The summed E-state index contributed by atoms with van der Waals surface area (Å²) in [6.07, 6.45) is 8.03. The second-order valence-corrected chi connectivity index (χ2v) is 18.1. The normalized spacial score (nSPS) is 17.2. The number of hydrogen-bond donors (Lipinski definition) is 2. The molecule has 0 fully saturated rings. The van der Waals surface area contributed by atoms with E-state index in [1.54, 1.807) is 0 Å². The fourth-order valence-electron chi connectivity index (χ4n) is 5.19. The van der Waals surface area contributed by atoms with E-state index < -0.39 is 0 Å². The number of phenolic OH excluding ortho intramolecular Hbond substituents is 2. The third kappa shape index (κ3) is 7.82. The lowest BCUT2D eigenvalue weighted by molar-refractivity contribution is 0.421. The Kier molecular flexibility index (Phi) is 9.35. The van der Waals surface area contributed by atoms with Crippen molar-refractivity contribution in [3.63, 3.8) is 0 Å². The van der Waals surface area contributed by atoms with Crippen molar-refractivity contribution in [2.45, 2.75) is 138 Å². The molecule has 1 aliphatic rings. The number of hydrogen-bond acceptors (Lipinski definition) is 4. The molecule has 1 aliphatic carbocycles. The molecule has 0 saturated carbocycles. The van der Waals surface area contributed by atoms with E-state index in [0.717, 1.165) is 35.1 Å². The fourth-order valence-corrected chi connectivity index (χ4v) is 8.21. The molecule has 0 amide bonds. The number of benzene rings is 2. The van der Waals surface area contributed by atoms with E-state index in [4.69, 9.17) is 0 Å². The van der Waals surface area contributed by atoms with Crippen molar-refractivity contribution in [3.05, 3.63) is 58.7 Å². The molecule has 39 heavy (non-hydrogen) atoms. The van der Waals surface area contributed by atoms with E-state index in [9.17, 15) is 10.2 Å². The van der Waals surface area contributed by atoms with Gasteiger partial charge in [-0.2, -0.15) is 0 Å². The summed E-state index contributed by atoms with van der Waals surface area (Å²) in [6, 6.07) is 8.89. The molecule has 0 bridgehead atoms. The number of aromatic hydroxyl groups is 2. The van der Waals surface area contributed by atoms with Crippen LogP contribution in [0.3, 0.4) is 0 Å². The van der Waals surface area contributed by atoms with Crippen molar-refractivity contribution in [2.24, 2.45) is 5.92 Å². The van der Waals surface area contributed by atoms with E-state index in [0.29, 0.717) is 22.0 Å². The molecule has 4 heteroatoms. The SMILES string of the molecule is CC(C)(C)c1cc(SC(Sc2cc(C(C)(C)C)c(O)c(C(C)(C)C)c2)C2CC=CCC2)cc(C(C)(C)C)c1O. The van der Waals surface area contributed by atoms with Crippen LogP contribution < -0.4 is 0 Å². The zero-order valence-electron chi connectivity index (χ0n) is 26.5. The molecule has 3 rings (SSSR count). The van der Waals surface area contributed by atoms with Crippen molar-refractivity contribution in [1.82, 2.24) is 0 Å². The molecule has 1 atom stereocenters. The van der Waals surface area contributed by atoms with Crippen LogP contribution in [-0.2, 0) is 21.7 Å². The standard InChI is InChI=1S/C35H52O2S2/c1-32(2,3)25-18-23(19-26(29(25)36)33(4,5)6)38-31(22-16-14-13-15-17-22)39-24-20-27(34(7,8)9)30(37)28(21-24)35(10,11)12/h13-14,18-22,31,36-37H,15-17H2,1-12H3. The van der Waals surface area contributed by atoms with Crippen molar-refractivity contribution in [2.75, 3.05) is 0 Å². The second kappa shape index (κ2) is 11.4. The molecule has 2 aromatic rings. The average molecular weight is 569 g/mol. The van der Waals surface area contributed by atoms with Crippen LogP contribution in [0.15, 0.2) is 46.2 Å². The molecule has 0 spiro atoms. The van der Waals surface area contributed by atoms with Gasteiger partial charge in [0.05, 0.1) is 4.58 Å². The Bertz CT molecular complexity index is 1040. The Labute approximate surface area is 247 Å². The Morgan fingerprint density at radius 2 is 0.923 bits per heavy atom. The Balaban J connectivity index is 2.13. The smallest absolute Gasteiger partial charge is 0.123 e. The van der Waals surface area contributed by atoms with Gasteiger partial charge >= 0.3 is 0 Å². The van der Waals surface area contributed by atoms with Crippen LogP contribution in [-0.4, -0.2) is 14.8 Å². The highest BCUT2D eigenvalue weighted by Gasteiger charge is 2.31. The summed E-state index contributed by atoms with van der Waals surface area (Å²) < 4.78 is 0.310. The Hall–Kier alpha value is -1.52. The molecule has 0 aromatic heterocycles. The van der Waals surface area contributed by atoms with Crippen molar-refractivity contribution in [1.29, 1.82) is 0 Å². The van der Waals surface area contributed by atoms with Crippen LogP contribution in [0.25, 0.3) is 0 Å². The van der Waals surface area contributed by atoms with Gasteiger partial charge in [0.15, 0.2) is 0 Å². The lowest BCUT2D eigenvalue weighted by atomic mass is 9.79. The lowest BCUT2D eigenvalue weighted by Gasteiger charge is -2.32. The molecule has 0 radical (unpaired) electrons. The summed E-state index contributed by atoms with van der Waals surface area (Å²) in [6.45, 7) is 26.2. The van der Waals surface area contributed by atoms with Crippen LogP contribution in [0.2, 0.25) is 0 Å². The monoisotopic (exact) mass is 568 g/mol. The number of rotatable bonds is 5. The number of phenols is 2. The van der Waals surface area contributed by atoms with Gasteiger partial charge in [-0.25, -0.2) is 0 Å². The molecule has 0 aliphatic heterocycles. The first-order chi connectivity index (χ1) is 17.7. The van der Waals surface area contributed by atoms with Gasteiger partial charge in [0.1, 0.15) is 11.5 Å². The molecular weight excluding hydrogens is 517 g/mol. The predicted octanol–water partition coefficient (Wildman–Crippen LogP) is 10.9. The van der Waals surface area contributed by atoms with E-state index in [1.807, 2.05) is 23.5 Å². The molecule has 0 heterocycles. The maximum absolute atomic E-state index is 11.3. The maximum Gasteiger partial charge on any atom is 0.123 e. The molecular formula is C35H52O2S2. The van der Waals surface area contributed by atoms with Crippen LogP contribution in [0.1, 0.15) is 125 Å². The van der Waals surface area contributed by atoms with Gasteiger partial charge in [0.25, 0.3) is 0 Å². The van der Waals surface area contributed by atoms with Crippen LogP contribution in [0, 0.1) is 5.92 Å². The molecule has 2 N–H and O–H groups in total. The molecule has 216 valence electrons. The predicted molar refractivity (Wildman–Crippen MR) is 173 cm³/mol. The van der Waals surface area contributed by atoms with Crippen LogP contribution in [0.4, 0.5) is 0 Å². The Morgan fingerprint density at radius 3 is 1.18 bits per heavy atom. The summed E-state index contributed by atoms with van der Waals surface area (Å²) >= 11 is 3.89. The van der Waals surface area contributed by atoms with E-state index in [1.165, 1.54) is 16.2 Å². The van der Waals surface area contributed by atoms with Gasteiger partial charge < -0.3 is 10.2 Å². The minimum absolute atomic E-state index is 0.156. The minimum atomic E-state index is -0.156. The first kappa shape index (κ1) is 32.0. The Morgan fingerprint density at radius 1 is 0.590 bits per heavy atom. The molecule has 2 nitrogen and oxygen atoms in total. The first-order valence-corrected chi connectivity index (χ1v) is 16.2. The third-order valence-electron chi connectivity index (χ3n) is 7.60. The molecule has 2 aromatic carbocycles. The first-order valence-electron chi connectivity index (χ1n) is 14.4. The second-order valence-electron chi connectivity index (χ2n) is 15.4. The topological polar surface area (TPSA) is 40.5 Å². The molecule has 0 saturated heterocycles. The fraction of sp³-hybridized carbons (Fsp3) is 0.600. The summed E-state index contributed by atoms with van der Waals surface area (Å²) in [5, 5.41) is 22.6. The highest BCUT2D eigenvalue weighted by Crippen LogP contribution is 2.49. The highest BCUT2D eigenvalue weighted by atomic mass is 32.2. The number of thioether (sulfide) groups is 2. The quantitative estimate of drug-likeness (QED) is 0.214. The van der Waals surface area contributed by atoms with Gasteiger partial charge in [-0.3, -0.25) is 0 Å². The van der Waals surface area contributed by atoms with Gasteiger partial charge in [-0.1, -0.05) is 95.2 Å². The zero-order valence-corrected chi connectivity index (χ0v) is 28.1. The van der Waals surface area contributed by atoms with Gasteiger partial charge in [-0.15, -0.1) is 23.5 Å². The van der Waals surface area contributed by atoms with E-state index in [2.05, 4.69) is 120 Å². The lowest BCUT2D eigenvalue weighted by Crippen LogP contribution is -2.19. The number of allylic oxidation sites excluding steroid dienone is 2. The van der Waals surface area contributed by atoms with Crippen LogP contribution in [0.5, 0.6) is 11.5 Å². The summed E-state index contributed by atoms with van der Waals surface area (Å²) in [5.74, 6) is 1.42. The van der Waals surface area contributed by atoms with E-state index >= 15 is 0 Å².